The van der Waals surface area contributed by atoms with Crippen molar-refractivity contribution in [3.8, 4) is 11.5 Å². The molecule has 1 atom stereocenters. The number of anilines is 1. The molecule has 0 spiro atoms. The summed E-state index contributed by atoms with van der Waals surface area (Å²) in [6, 6.07) is 11.7. The van der Waals surface area contributed by atoms with Crippen LogP contribution < -0.4 is 20.3 Å². The number of rotatable bonds is 5. The van der Waals surface area contributed by atoms with Crippen molar-refractivity contribution >= 4 is 23.5 Å². The first-order chi connectivity index (χ1) is 16.5. The summed E-state index contributed by atoms with van der Waals surface area (Å²) in [5.41, 5.74) is 1.84. The molecule has 5 rings (SSSR count). The monoisotopic (exact) mass is 481 g/mol. The van der Waals surface area contributed by atoms with E-state index in [1.54, 1.807) is 43.3 Å². The summed E-state index contributed by atoms with van der Waals surface area (Å²) in [7, 11) is 1.29. The molecule has 0 bridgehead atoms. The minimum absolute atomic E-state index is 0.102. The van der Waals surface area contributed by atoms with Crippen LogP contribution in [0.3, 0.4) is 0 Å². The van der Waals surface area contributed by atoms with E-state index in [0.29, 0.717) is 50.6 Å². The summed E-state index contributed by atoms with van der Waals surface area (Å²) >= 11 is 1.21. The summed E-state index contributed by atoms with van der Waals surface area (Å²) < 4.78 is 29.9. The molecule has 1 unspecified atom stereocenters. The highest BCUT2D eigenvalue weighted by atomic mass is 32.2. The second-order valence-electron chi connectivity index (χ2n) is 7.71. The third-order valence-corrected chi connectivity index (χ3v) is 6.60. The quantitative estimate of drug-likeness (QED) is 0.321. The highest BCUT2D eigenvalue weighted by Gasteiger charge is 2.37. The number of aromatic nitrogens is 2. The Morgan fingerprint density at radius 3 is 2.82 bits per heavy atom. The number of fused-ring (bicyclic) bond motifs is 2. The lowest BCUT2D eigenvalue weighted by Crippen LogP contribution is -2.31. The number of aromatic amines is 1. The van der Waals surface area contributed by atoms with E-state index in [-0.39, 0.29) is 18.2 Å². The van der Waals surface area contributed by atoms with Gasteiger partial charge in [0.05, 0.1) is 24.2 Å². The van der Waals surface area contributed by atoms with Crippen LogP contribution in [0, 0.1) is 5.82 Å². The van der Waals surface area contributed by atoms with E-state index >= 15 is 0 Å². The number of allylic oxidation sites excluding steroid dienone is 1. The second kappa shape index (κ2) is 8.86. The summed E-state index contributed by atoms with van der Waals surface area (Å²) in [6.45, 7) is 1.83. The summed E-state index contributed by atoms with van der Waals surface area (Å²) in [5.74, 6) is 0.120. The van der Waals surface area contributed by atoms with Gasteiger partial charge in [0.15, 0.2) is 16.7 Å². The smallest absolute Gasteiger partial charge is 0.336 e. The Labute approximate surface area is 198 Å². The molecule has 0 aliphatic carbocycles. The Morgan fingerprint density at radius 1 is 1.24 bits per heavy atom. The number of nitrogens with zero attached hydrogens (tertiary/aromatic N) is 1. The van der Waals surface area contributed by atoms with Gasteiger partial charge in [-0.2, -0.15) is 0 Å². The average Bonchev–Trinajstić information content (AvgIpc) is 3.30. The van der Waals surface area contributed by atoms with Crippen molar-refractivity contribution in [3.63, 3.8) is 0 Å². The maximum absolute atomic E-state index is 14.0. The molecular weight excluding hydrogens is 461 g/mol. The van der Waals surface area contributed by atoms with E-state index in [1.165, 1.54) is 24.9 Å². The lowest BCUT2D eigenvalue weighted by molar-refractivity contribution is -0.136. The van der Waals surface area contributed by atoms with E-state index in [4.69, 9.17) is 14.2 Å². The molecule has 10 heteroatoms. The summed E-state index contributed by atoms with van der Waals surface area (Å²) in [5, 5.41) is 3.40. The molecule has 2 aliphatic heterocycles. The van der Waals surface area contributed by atoms with Crippen molar-refractivity contribution in [2.24, 2.45) is 0 Å². The number of H-pyrrole nitrogens is 1. The number of nitrogens with one attached hydrogen (secondary N) is 2. The number of carbonyl (C=O) groups excluding carboxylic acids is 1. The second-order valence-corrected chi connectivity index (χ2v) is 8.68. The molecule has 2 N–H and O–H groups in total. The number of hydrogen-bond acceptors (Lipinski definition) is 8. The molecule has 2 aromatic carbocycles. The number of carbonyl (C=O) groups is 1. The summed E-state index contributed by atoms with van der Waals surface area (Å²) in [6.07, 6.45) is 0. The van der Waals surface area contributed by atoms with Gasteiger partial charge in [0, 0.05) is 11.4 Å². The van der Waals surface area contributed by atoms with Crippen molar-refractivity contribution in [2.45, 2.75) is 23.8 Å². The van der Waals surface area contributed by atoms with Crippen LogP contribution in [0.15, 0.2) is 63.7 Å². The Kier molecular flexibility index (Phi) is 5.74. The number of ether oxygens (including phenoxy) is 3. The standard InChI is InChI=1S/C24H20FN3O5S/c1-12-18(23(30)31-2)19(13-7-8-16-17(9-13)33-11-32-16)20-21(26-12)27-24(28-22(20)29)34-10-14-5-3-4-6-15(14)25/h3-9,19H,10-11H2,1-2H3,(H2,26,27,28,29). The number of hydrogen-bond donors (Lipinski definition) is 2. The lowest BCUT2D eigenvalue weighted by atomic mass is 9.82. The number of halogens is 1. The van der Waals surface area contributed by atoms with E-state index < -0.39 is 17.4 Å². The topological polar surface area (TPSA) is 103 Å². The Morgan fingerprint density at radius 2 is 2.03 bits per heavy atom. The zero-order valence-electron chi connectivity index (χ0n) is 18.3. The fourth-order valence-electron chi connectivity index (χ4n) is 4.07. The highest BCUT2D eigenvalue weighted by molar-refractivity contribution is 7.98. The van der Waals surface area contributed by atoms with Gasteiger partial charge in [-0.1, -0.05) is 36.0 Å². The molecular formula is C24H20FN3O5S. The molecule has 0 radical (unpaired) electrons. The molecule has 174 valence electrons. The number of methoxy groups -OCH3 is 1. The number of esters is 1. The van der Waals surface area contributed by atoms with Gasteiger partial charge in [0.1, 0.15) is 11.6 Å². The van der Waals surface area contributed by atoms with Crippen LogP contribution in [0.1, 0.15) is 29.5 Å². The van der Waals surface area contributed by atoms with Gasteiger partial charge in [0.2, 0.25) is 6.79 Å². The van der Waals surface area contributed by atoms with Gasteiger partial charge in [-0.05, 0) is 36.2 Å². The van der Waals surface area contributed by atoms with Gasteiger partial charge in [0.25, 0.3) is 5.56 Å². The van der Waals surface area contributed by atoms with Crippen LogP contribution in [0.2, 0.25) is 0 Å². The predicted molar refractivity (Wildman–Crippen MR) is 124 cm³/mol. The fraction of sp³-hybridized carbons (Fsp3) is 0.208. The summed E-state index contributed by atoms with van der Waals surface area (Å²) in [4.78, 5) is 33.4. The van der Waals surface area contributed by atoms with Crippen molar-refractivity contribution in [2.75, 3.05) is 19.2 Å². The van der Waals surface area contributed by atoms with Crippen molar-refractivity contribution in [3.05, 3.63) is 86.6 Å². The molecule has 0 amide bonds. The van der Waals surface area contributed by atoms with E-state index in [1.807, 2.05) is 0 Å². The zero-order valence-corrected chi connectivity index (χ0v) is 19.1. The first-order valence-electron chi connectivity index (χ1n) is 10.4. The molecule has 3 aromatic rings. The number of thioether (sulfide) groups is 1. The molecule has 8 nitrogen and oxygen atoms in total. The van der Waals surface area contributed by atoms with Crippen LogP contribution in [-0.2, 0) is 15.3 Å². The molecule has 0 saturated carbocycles. The van der Waals surface area contributed by atoms with Gasteiger partial charge in [-0.15, -0.1) is 0 Å². The largest absolute Gasteiger partial charge is 0.466 e. The Bertz CT molecular complexity index is 1390. The maximum Gasteiger partial charge on any atom is 0.336 e. The van der Waals surface area contributed by atoms with Gasteiger partial charge in [-0.3, -0.25) is 4.79 Å². The van der Waals surface area contributed by atoms with Crippen LogP contribution in [0.4, 0.5) is 10.2 Å². The maximum atomic E-state index is 14.0. The molecule has 0 saturated heterocycles. The third kappa shape index (κ3) is 3.90. The van der Waals surface area contributed by atoms with E-state index in [2.05, 4.69) is 15.3 Å². The van der Waals surface area contributed by atoms with Gasteiger partial charge in [-0.25, -0.2) is 14.2 Å². The van der Waals surface area contributed by atoms with Crippen LogP contribution in [0.25, 0.3) is 0 Å². The number of benzene rings is 2. The SMILES string of the molecule is COC(=O)C1=C(C)Nc2nc(SCc3ccccc3F)[nH]c(=O)c2C1c1ccc2c(c1)OCO2. The van der Waals surface area contributed by atoms with Gasteiger partial charge < -0.3 is 24.5 Å². The third-order valence-electron chi connectivity index (χ3n) is 5.68. The minimum Gasteiger partial charge on any atom is -0.466 e. The predicted octanol–water partition coefficient (Wildman–Crippen LogP) is 3.93. The van der Waals surface area contributed by atoms with Crippen LogP contribution >= 0.6 is 11.8 Å². The molecule has 2 aliphatic rings. The molecule has 0 fully saturated rings. The van der Waals surface area contributed by atoms with Gasteiger partial charge >= 0.3 is 5.97 Å². The van der Waals surface area contributed by atoms with Crippen LogP contribution in [0.5, 0.6) is 11.5 Å². The first-order valence-corrected chi connectivity index (χ1v) is 11.4. The van der Waals surface area contributed by atoms with Crippen molar-refractivity contribution in [1.29, 1.82) is 0 Å². The average molecular weight is 482 g/mol. The Hall–Kier alpha value is -3.79. The minimum atomic E-state index is -0.736. The fourth-order valence-corrected chi connectivity index (χ4v) is 4.91. The Balaban J connectivity index is 1.57. The normalized spacial score (nSPS) is 16.1. The van der Waals surface area contributed by atoms with Crippen molar-refractivity contribution < 1.29 is 23.4 Å². The molecule has 1 aromatic heterocycles. The van der Waals surface area contributed by atoms with E-state index in [9.17, 15) is 14.0 Å². The van der Waals surface area contributed by atoms with E-state index in [0.717, 1.165) is 0 Å². The van der Waals surface area contributed by atoms with Crippen molar-refractivity contribution in [1.82, 2.24) is 9.97 Å². The zero-order chi connectivity index (χ0) is 23.8. The van der Waals surface area contributed by atoms with Crippen LogP contribution in [-0.4, -0.2) is 29.8 Å². The lowest BCUT2D eigenvalue weighted by Gasteiger charge is -2.28. The first kappa shape index (κ1) is 22.0. The molecule has 34 heavy (non-hydrogen) atoms. The molecule has 3 heterocycles. The highest BCUT2D eigenvalue weighted by Crippen LogP contribution is 2.43.